The zero-order valence-electron chi connectivity index (χ0n) is 16.9. The van der Waals surface area contributed by atoms with Crippen molar-refractivity contribution < 1.29 is 9.32 Å². The molecule has 6 heteroatoms. The predicted octanol–water partition coefficient (Wildman–Crippen LogP) is 4.21. The Bertz CT molecular complexity index is 984. The molecule has 4 rings (SSSR count). The molecule has 1 fully saturated rings. The number of hydrogen-bond acceptors (Lipinski definition) is 5. The van der Waals surface area contributed by atoms with Crippen LogP contribution in [-0.4, -0.2) is 33.5 Å². The number of hydrogen-bond donors (Lipinski definition) is 1. The van der Waals surface area contributed by atoms with E-state index in [0.717, 1.165) is 49.2 Å². The van der Waals surface area contributed by atoms with Crippen molar-refractivity contribution in [2.45, 2.75) is 45.7 Å². The highest BCUT2D eigenvalue weighted by Gasteiger charge is 2.30. The van der Waals surface area contributed by atoms with E-state index in [2.05, 4.69) is 32.5 Å². The maximum Gasteiger partial charge on any atom is 0.257 e. The van der Waals surface area contributed by atoms with E-state index in [1.165, 1.54) is 5.56 Å². The van der Waals surface area contributed by atoms with Gasteiger partial charge in [0.1, 0.15) is 0 Å². The summed E-state index contributed by atoms with van der Waals surface area (Å²) in [5, 5.41) is 7.09. The number of carbonyl (C=O) groups excluding carboxylic acids is 1. The molecule has 0 spiro atoms. The topological polar surface area (TPSA) is 71.3 Å². The average molecular weight is 390 g/mol. The molecule has 29 heavy (non-hydrogen) atoms. The number of amides is 1. The Morgan fingerprint density at radius 2 is 2.07 bits per heavy atom. The molecule has 150 valence electrons. The maximum atomic E-state index is 13.1. The lowest BCUT2D eigenvalue weighted by Crippen LogP contribution is -2.39. The quantitative estimate of drug-likeness (QED) is 0.683. The molecule has 0 saturated carbocycles. The van der Waals surface area contributed by atoms with E-state index < -0.39 is 0 Å². The number of rotatable bonds is 6. The molecule has 1 aliphatic rings. The van der Waals surface area contributed by atoms with Crippen LogP contribution < -0.4 is 5.32 Å². The van der Waals surface area contributed by atoms with Gasteiger partial charge in [-0.3, -0.25) is 9.69 Å². The summed E-state index contributed by atoms with van der Waals surface area (Å²) in [6.07, 6.45) is 2.63. The zero-order chi connectivity index (χ0) is 20.2. The summed E-state index contributed by atoms with van der Waals surface area (Å²) in [7, 11) is 0. The van der Waals surface area contributed by atoms with Crippen molar-refractivity contribution in [2.75, 3.05) is 11.9 Å². The number of anilines is 1. The van der Waals surface area contributed by atoms with E-state index in [1.807, 2.05) is 50.2 Å². The minimum absolute atomic E-state index is 0.0402. The lowest BCUT2D eigenvalue weighted by molar-refractivity contribution is -0.120. The number of aromatic nitrogens is 2. The van der Waals surface area contributed by atoms with E-state index >= 15 is 0 Å². The summed E-state index contributed by atoms with van der Waals surface area (Å²) in [5.41, 5.74) is 3.83. The van der Waals surface area contributed by atoms with Gasteiger partial charge >= 0.3 is 0 Å². The number of aryl methyl sites for hydroxylation is 2. The summed E-state index contributed by atoms with van der Waals surface area (Å²) in [6.45, 7) is 5.70. The van der Waals surface area contributed by atoms with Crippen molar-refractivity contribution in [1.29, 1.82) is 0 Å². The fraction of sp³-hybridized carbons (Fsp3) is 0.348. The Balaban J connectivity index is 1.49. The largest absolute Gasteiger partial charge is 0.334 e. The Labute approximate surface area is 170 Å². The van der Waals surface area contributed by atoms with Gasteiger partial charge < -0.3 is 9.84 Å². The van der Waals surface area contributed by atoms with Crippen LogP contribution >= 0.6 is 0 Å². The molecule has 1 atom stereocenters. The van der Waals surface area contributed by atoms with Gasteiger partial charge in [-0.15, -0.1) is 0 Å². The Kier molecular flexibility index (Phi) is 5.71. The summed E-state index contributed by atoms with van der Waals surface area (Å²) < 4.78 is 5.34. The van der Waals surface area contributed by atoms with Crippen LogP contribution in [0.2, 0.25) is 0 Å². The molecule has 1 aliphatic heterocycles. The second kappa shape index (κ2) is 8.57. The number of nitrogens with one attached hydrogen (secondary N) is 1. The Hall–Kier alpha value is -2.99. The van der Waals surface area contributed by atoms with Gasteiger partial charge in [0.2, 0.25) is 5.91 Å². The normalized spacial score (nSPS) is 16.8. The van der Waals surface area contributed by atoms with Gasteiger partial charge in [-0.2, -0.15) is 4.98 Å². The van der Waals surface area contributed by atoms with E-state index in [9.17, 15) is 4.79 Å². The van der Waals surface area contributed by atoms with Gasteiger partial charge in [-0.1, -0.05) is 48.5 Å². The standard InChI is InChI=1S/C23H26N4O2/c1-3-21-25-23(29-26-21)18-12-11-16(2)19(14-18)24-22(28)20-10-7-13-27(20)15-17-8-5-4-6-9-17/h4-6,8-9,11-12,14,20H,3,7,10,13,15H2,1-2H3,(H,24,28)/t20-/m0/s1. The third-order valence-electron chi connectivity index (χ3n) is 5.42. The molecule has 1 saturated heterocycles. The van der Waals surface area contributed by atoms with Gasteiger partial charge in [-0.25, -0.2) is 0 Å². The van der Waals surface area contributed by atoms with Crippen LogP contribution in [0, 0.1) is 6.92 Å². The third kappa shape index (κ3) is 4.38. The summed E-state index contributed by atoms with van der Waals surface area (Å²) in [5.74, 6) is 1.19. The van der Waals surface area contributed by atoms with Crippen molar-refractivity contribution in [3.05, 3.63) is 65.5 Å². The first-order chi connectivity index (χ1) is 14.1. The number of benzene rings is 2. The minimum atomic E-state index is -0.117. The highest BCUT2D eigenvalue weighted by atomic mass is 16.5. The molecule has 2 aromatic carbocycles. The Morgan fingerprint density at radius 3 is 2.83 bits per heavy atom. The van der Waals surface area contributed by atoms with Crippen LogP contribution in [0.1, 0.15) is 36.7 Å². The highest BCUT2D eigenvalue weighted by Crippen LogP contribution is 2.26. The zero-order valence-corrected chi connectivity index (χ0v) is 16.9. The summed E-state index contributed by atoms with van der Waals surface area (Å²) in [4.78, 5) is 19.7. The minimum Gasteiger partial charge on any atom is -0.334 e. The van der Waals surface area contributed by atoms with Gasteiger partial charge in [-0.05, 0) is 49.6 Å². The number of likely N-dealkylation sites (tertiary alicyclic amines) is 1. The molecule has 3 aromatic rings. The maximum absolute atomic E-state index is 13.1. The lowest BCUT2D eigenvalue weighted by Gasteiger charge is -2.24. The third-order valence-corrected chi connectivity index (χ3v) is 5.42. The van der Waals surface area contributed by atoms with Crippen molar-refractivity contribution in [3.63, 3.8) is 0 Å². The fourth-order valence-electron chi connectivity index (χ4n) is 3.75. The van der Waals surface area contributed by atoms with Gasteiger partial charge in [0.05, 0.1) is 6.04 Å². The van der Waals surface area contributed by atoms with Crippen LogP contribution in [0.4, 0.5) is 5.69 Å². The van der Waals surface area contributed by atoms with Crippen LogP contribution in [0.25, 0.3) is 11.5 Å². The molecule has 1 aromatic heterocycles. The highest BCUT2D eigenvalue weighted by molar-refractivity contribution is 5.96. The second-order valence-electron chi connectivity index (χ2n) is 7.50. The van der Waals surface area contributed by atoms with E-state index in [-0.39, 0.29) is 11.9 Å². The summed E-state index contributed by atoms with van der Waals surface area (Å²) in [6, 6.07) is 16.0. The molecule has 0 radical (unpaired) electrons. The average Bonchev–Trinajstić information content (AvgIpc) is 3.40. The molecule has 1 N–H and O–H groups in total. The SMILES string of the molecule is CCc1noc(-c2ccc(C)c(NC(=O)[C@@H]3CCCN3Cc3ccccc3)c2)n1. The molecule has 2 heterocycles. The molecule has 0 bridgehead atoms. The first-order valence-electron chi connectivity index (χ1n) is 10.2. The molecular formula is C23H26N4O2. The van der Waals surface area contributed by atoms with E-state index in [1.54, 1.807) is 0 Å². The van der Waals surface area contributed by atoms with Crippen LogP contribution in [0.3, 0.4) is 0 Å². The smallest absolute Gasteiger partial charge is 0.257 e. The molecule has 1 amide bonds. The number of carbonyl (C=O) groups is 1. The van der Waals surface area contributed by atoms with Crippen LogP contribution in [0.5, 0.6) is 0 Å². The van der Waals surface area contributed by atoms with Crippen molar-refractivity contribution >= 4 is 11.6 Å². The monoisotopic (exact) mass is 390 g/mol. The van der Waals surface area contributed by atoms with Crippen molar-refractivity contribution in [2.24, 2.45) is 0 Å². The van der Waals surface area contributed by atoms with Crippen LogP contribution in [0.15, 0.2) is 53.1 Å². The van der Waals surface area contributed by atoms with Crippen molar-refractivity contribution in [1.82, 2.24) is 15.0 Å². The van der Waals surface area contributed by atoms with Gasteiger partial charge in [0.25, 0.3) is 5.89 Å². The van der Waals surface area contributed by atoms with Gasteiger partial charge in [0, 0.05) is 24.2 Å². The molecular weight excluding hydrogens is 364 g/mol. The van der Waals surface area contributed by atoms with E-state index in [4.69, 9.17) is 4.52 Å². The first kappa shape index (κ1) is 19.3. The molecule has 0 aliphatic carbocycles. The number of nitrogens with zero attached hydrogens (tertiary/aromatic N) is 3. The molecule has 0 unspecified atom stereocenters. The lowest BCUT2D eigenvalue weighted by atomic mass is 10.1. The van der Waals surface area contributed by atoms with Crippen LogP contribution in [-0.2, 0) is 17.8 Å². The van der Waals surface area contributed by atoms with Gasteiger partial charge in [0.15, 0.2) is 5.82 Å². The first-order valence-corrected chi connectivity index (χ1v) is 10.2. The second-order valence-corrected chi connectivity index (χ2v) is 7.50. The summed E-state index contributed by atoms with van der Waals surface area (Å²) >= 11 is 0. The predicted molar refractivity (Wildman–Crippen MR) is 112 cm³/mol. The fourth-order valence-corrected chi connectivity index (χ4v) is 3.75. The molecule has 6 nitrogen and oxygen atoms in total. The Morgan fingerprint density at radius 1 is 1.24 bits per heavy atom. The van der Waals surface area contributed by atoms with E-state index in [0.29, 0.717) is 11.7 Å². The van der Waals surface area contributed by atoms with Crippen molar-refractivity contribution in [3.8, 4) is 11.5 Å².